The van der Waals surface area contributed by atoms with E-state index >= 15 is 0 Å². The van der Waals surface area contributed by atoms with Crippen molar-refractivity contribution in [3.8, 4) is 0 Å². The molecule has 0 bridgehead atoms. The van der Waals surface area contributed by atoms with Crippen LogP contribution in [0.2, 0.25) is 0 Å². The molecule has 122 valence electrons. The maximum Gasteiger partial charge on any atom is 0.329 e. The average Bonchev–Trinajstić information content (AvgIpc) is 2.56. The largest absolute Gasteiger partial charge is 0.467 e. The second kappa shape index (κ2) is 7.92. The smallest absolute Gasteiger partial charge is 0.329 e. The van der Waals surface area contributed by atoms with E-state index in [2.05, 4.69) is 17.9 Å². The zero-order valence-corrected chi connectivity index (χ0v) is 14.2. The molecule has 23 heavy (non-hydrogen) atoms. The number of carbonyl (C=O) groups is 1. The minimum atomic E-state index is -0.549. The summed E-state index contributed by atoms with van der Waals surface area (Å²) in [7, 11) is 1.38. The number of ether oxygens (including phenoxy) is 1. The molecular formula is C18H22N2O2S. The molecule has 0 heterocycles. The molecular weight excluding hydrogens is 308 g/mol. The number of rotatable bonds is 6. The fourth-order valence-corrected chi connectivity index (χ4v) is 2.76. The number of methoxy groups -OCH3 is 1. The van der Waals surface area contributed by atoms with Crippen LogP contribution in [0.5, 0.6) is 0 Å². The van der Waals surface area contributed by atoms with Gasteiger partial charge in [-0.15, -0.1) is 0 Å². The summed E-state index contributed by atoms with van der Waals surface area (Å²) in [6.45, 7) is 1.93. The van der Waals surface area contributed by atoms with Gasteiger partial charge in [0.2, 0.25) is 0 Å². The minimum absolute atomic E-state index is 0.220. The summed E-state index contributed by atoms with van der Waals surface area (Å²) in [5.41, 5.74) is 9.45. The zero-order chi connectivity index (χ0) is 16.8. The van der Waals surface area contributed by atoms with Crippen LogP contribution in [0.1, 0.15) is 11.1 Å². The first-order valence-electron chi connectivity index (χ1n) is 7.43. The number of thiol groups is 1. The lowest BCUT2D eigenvalue weighted by Crippen LogP contribution is -2.40. The molecule has 0 radical (unpaired) electrons. The third-order valence-electron chi connectivity index (χ3n) is 3.72. The van der Waals surface area contributed by atoms with E-state index in [1.54, 1.807) is 0 Å². The van der Waals surface area contributed by atoms with Gasteiger partial charge in [-0.3, -0.25) is 0 Å². The van der Waals surface area contributed by atoms with Gasteiger partial charge >= 0.3 is 5.97 Å². The Bertz CT molecular complexity index is 661. The number of carbonyl (C=O) groups excluding carboxylic acids is 1. The van der Waals surface area contributed by atoms with E-state index in [1.165, 1.54) is 7.11 Å². The topological polar surface area (TPSA) is 64.3 Å². The van der Waals surface area contributed by atoms with Gasteiger partial charge in [0.25, 0.3) is 0 Å². The SMILES string of the molecule is COC(=O)C(Nc1ccc(N)c(C)c1)C(S)Cc1ccccc1. The third kappa shape index (κ3) is 4.66. The molecule has 0 fully saturated rings. The van der Waals surface area contributed by atoms with Gasteiger partial charge in [-0.25, -0.2) is 4.79 Å². The summed E-state index contributed by atoms with van der Waals surface area (Å²) in [5.74, 6) is -0.338. The molecule has 0 aromatic heterocycles. The van der Waals surface area contributed by atoms with Gasteiger partial charge in [-0.05, 0) is 42.7 Å². The summed E-state index contributed by atoms with van der Waals surface area (Å²) >= 11 is 4.62. The highest BCUT2D eigenvalue weighted by Crippen LogP contribution is 2.21. The predicted molar refractivity (Wildman–Crippen MR) is 97.9 cm³/mol. The average molecular weight is 330 g/mol. The summed E-state index contributed by atoms with van der Waals surface area (Å²) in [5, 5.41) is 2.99. The van der Waals surface area contributed by atoms with Gasteiger partial charge in [0, 0.05) is 16.6 Å². The summed E-state index contributed by atoms with van der Waals surface area (Å²) in [4.78, 5) is 12.1. The summed E-state index contributed by atoms with van der Waals surface area (Å²) in [6.07, 6.45) is 0.657. The number of nitrogen functional groups attached to an aromatic ring is 1. The van der Waals surface area contributed by atoms with Crippen LogP contribution in [0.15, 0.2) is 48.5 Å². The van der Waals surface area contributed by atoms with Crippen LogP contribution in [-0.4, -0.2) is 24.4 Å². The van der Waals surface area contributed by atoms with Crippen LogP contribution in [0.3, 0.4) is 0 Å². The maximum atomic E-state index is 12.1. The number of hydrogen-bond acceptors (Lipinski definition) is 5. The van der Waals surface area contributed by atoms with E-state index in [0.717, 1.165) is 22.5 Å². The van der Waals surface area contributed by atoms with E-state index in [-0.39, 0.29) is 11.2 Å². The van der Waals surface area contributed by atoms with E-state index in [0.29, 0.717) is 6.42 Å². The highest BCUT2D eigenvalue weighted by molar-refractivity contribution is 7.81. The third-order valence-corrected chi connectivity index (χ3v) is 4.20. The molecule has 0 aliphatic heterocycles. The molecule has 0 spiro atoms. The van der Waals surface area contributed by atoms with Gasteiger partial charge < -0.3 is 15.8 Å². The molecule has 2 aromatic rings. The second-order valence-corrected chi connectivity index (χ2v) is 6.14. The number of aryl methyl sites for hydroxylation is 1. The molecule has 5 heteroatoms. The first-order chi connectivity index (χ1) is 11.0. The fraction of sp³-hybridized carbons (Fsp3) is 0.278. The number of nitrogens with one attached hydrogen (secondary N) is 1. The van der Waals surface area contributed by atoms with E-state index < -0.39 is 6.04 Å². The first-order valence-corrected chi connectivity index (χ1v) is 7.95. The van der Waals surface area contributed by atoms with Crippen molar-refractivity contribution in [2.45, 2.75) is 24.6 Å². The van der Waals surface area contributed by atoms with Gasteiger partial charge in [-0.1, -0.05) is 30.3 Å². The molecule has 0 aliphatic rings. The molecule has 0 aliphatic carbocycles. The molecule has 3 N–H and O–H groups in total. The van der Waals surface area contributed by atoms with Gasteiger partial charge in [0.05, 0.1) is 7.11 Å². The van der Waals surface area contributed by atoms with Crippen molar-refractivity contribution < 1.29 is 9.53 Å². The number of benzene rings is 2. The van der Waals surface area contributed by atoms with E-state index in [9.17, 15) is 4.79 Å². The van der Waals surface area contributed by atoms with Crippen LogP contribution < -0.4 is 11.1 Å². The van der Waals surface area contributed by atoms with Crippen LogP contribution in [0.4, 0.5) is 11.4 Å². The molecule has 2 atom stereocenters. The molecule has 0 saturated carbocycles. The predicted octanol–water partition coefficient (Wildman–Crippen LogP) is 3.07. The summed E-state index contributed by atoms with van der Waals surface area (Å²) < 4.78 is 4.92. The van der Waals surface area contributed by atoms with Gasteiger partial charge in [0.1, 0.15) is 6.04 Å². The molecule has 2 rings (SSSR count). The standard InChI is InChI=1S/C18H22N2O2S/c1-12-10-14(8-9-15(12)19)20-17(18(21)22-2)16(23)11-13-6-4-3-5-7-13/h3-10,16-17,20,23H,11,19H2,1-2H3. The van der Waals surface area contributed by atoms with Crippen LogP contribution in [-0.2, 0) is 16.0 Å². The van der Waals surface area contributed by atoms with Crippen molar-refractivity contribution in [2.24, 2.45) is 0 Å². The van der Waals surface area contributed by atoms with Crippen molar-refractivity contribution in [3.63, 3.8) is 0 Å². The zero-order valence-electron chi connectivity index (χ0n) is 13.3. The Morgan fingerprint density at radius 2 is 1.96 bits per heavy atom. The Morgan fingerprint density at radius 1 is 1.26 bits per heavy atom. The second-order valence-electron chi connectivity index (χ2n) is 5.47. The Hall–Kier alpha value is -2.14. The fourth-order valence-electron chi connectivity index (χ4n) is 2.36. The Kier molecular flexibility index (Phi) is 5.93. The van der Waals surface area contributed by atoms with Crippen LogP contribution in [0.25, 0.3) is 0 Å². The molecule has 4 nitrogen and oxygen atoms in total. The highest BCUT2D eigenvalue weighted by atomic mass is 32.1. The number of hydrogen-bond donors (Lipinski definition) is 3. The van der Waals surface area contributed by atoms with Crippen molar-refractivity contribution in [1.29, 1.82) is 0 Å². The van der Waals surface area contributed by atoms with Crippen LogP contribution in [0, 0.1) is 6.92 Å². The molecule has 2 unspecified atom stereocenters. The Balaban J connectivity index is 2.15. The normalized spacial score (nSPS) is 13.2. The number of anilines is 2. The summed E-state index contributed by atoms with van der Waals surface area (Å²) in [6, 6.07) is 15.0. The molecule has 0 saturated heterocycles. The Morgan fingerprint density at radius 3 is 2.57 bits per heavy atom. The monoisotopic (exact) mass is 330 g/mol. The van der Waals surface area contributed by atoms with Crippen molar-refractivity contribution in [3.05, 3.63) is 59.7 Å². The lowest BCUT2D eigenvalue weighted by molar-refractivity contribution is -0.141. The minimum Gasteiger partial charge on any atom is -0.467 e. The highest BCUT2D eigenvalue weighted by Gasteiger charge is 2.27. The number of esters is 1. The Labute approximate surface area is 142 Å². The first kappa shape index (κ1) is 17.2. The van der Waals surface area contributed by atoms with Crippen molar-refractivity contribution in [1.82, 2.24) is 0 Å². The van der Waals surface area contributed by atoms with Crippen molar-refractivity contribution in [2.75, 3.05) is 18.2 Å². The van der Waals surface area contributed by atoms with Crippen molar-refractivity contribution >= 4 is 30.0 Å². The maximum absolute atomic E-state index is 12.1. The number of nitrogens with two attached hydrogens (primary N) is 1. The van der Waals surface area contributed by atoms with E-state index in [4.69, 9.17) is 10.5 Å². The van der Waals surface area contributed by atoms with E-state index in [1.807, 2.05) is 55.5 Å². The molecule has 0 amide bonds. The van der Waals surface area contributed by atoms with Gasteiger partial charge in [-0.2, -0.15) is 12.6 Å². The lowest BCUT2D eigenvalue weighted by Gasteiger charge is -2.23. The quantitative estimate of drug-likeness (QED) is 0.433. The lowest BCUT2D eigenvalue weighted by atomic mass is 10.0. The molecule has 2 aromatic carbocycles. The van der Waals surface area contributed by atoms with Crippen LogP contribution >= 0.6 is 12.6 Å². The van der Waals surface area contributed by atoms with Gasteiger partial charge in [0.15, 0.2) is 0 Å².